The third-order valence-electron chi connectivity index (χ3n) is 6.50. The number of nitrogens with zero attached hydrogens (tertiary/aromatic N) is 2. The summed E-state index contributed by atoms with van der Waals surface area (Å²) in [4.78, 5) is 0. The number of hydrogen-bond donors (Lipinski definition) is 0. The van der Waals surface area contributed by atoms with Crippen molar-refractivity contribution in [3.05, 3.63) is 110 Å². The summed E-state index contributed by atoms with van der Waals surface area (Å²) in [6, 6.07) is 26.3. The van der Waals surface area contributed by atoms with E-state index in [1.807, 2.05) is 19.1 Å². The molecule has 0 saturated heterocycles. The van der Waals surface area contributed by atoms with Gasteiger partial charge in [0.05, 0.1) is 7.05 Å². The molecular weight excluding hydrogens is 400 g/mol. The van der Waals surface area contributed by atoms with Crippen LogP contribution in [-0.2, 0) is 13.5 Å². The van der Waals surface area contributed by atoms with E-state index in [4.69, 9.17) is 0 Å². The predicted octanol–water partition coefficient (Wildman–Crippen LogP) is 7.46. The Morgan fingerprint density at radius 1 is 0.788 bits per heavy atom. The maximum absolute atomic E-state index is 4.48. The number of allylic oxidation sites excluding steroid dienone is 5. The molecule has 0 atom stereocenters. The first-order chi connectivity index (χ1) is 16.2. The Bertz CT molecular complexity index is 1430. The number of hydrogen-bond acceptors (Lipinski definition) is 0. The summed E-state index contributed by atoms with van der Waals surface area (Å²) in [5.74, 6) is 1.23. The lowest BCUT2D eigenvalue weighted by molar-refractivity contribution is -0.667. The van der Waals surface area contributed by atoms with E-state index in [2.05, 4.69) is 115 Å². The Morgan fingerprint density at radius 2 is 1.27 bits per heavy atom. The lowest BCUT2D eigenvalue weighted by atomic mass is 9.84. The lowest BCUT2D eigenvalue weighted by Crippen LogP contribution is -2.34. The number of aromatic nitrogens is 2. The molecule has 3 aromatic carbocycles. The molecule has 0 amide bonds. The third-order valence-corrected chi connectivity index (χ3v) is 6.50. The number of benzene rings is 3. The number of rotatable bonds is 4. The summed E-state index contributed by atoms with van der Waals surface area (Å²) in [6.07, 6.45) is 9.14. The van der Waals surface area contributed by atoms with Gasteiger partial charge in [-0.3, -0.25) is 0 Å². The van der Waals surface area contributed by atoms with Crippen molar-refractivity contribution in [1.29, 1.82) is 0 Å². The highest BCUT2D eigenvalue weighted by atomic mass is 15.2. The van der Waals surface area contributed by atoms with Gasteiger partial charge in [0, 0.05) is 17.5 Å². The first-order valence-electron chi connectivity index (χ1n) is 11.6. The second kappa shape index (κ2) is 8.55. The lowest BCUT2D eigenvalue weighted by Gasteiger charge is -2.19. The Kier molecular flexibility index (Phi) is 5.43. The van der Waals surface area contributed by atoms with E-state index >= 15 is 0 Å². The van der Waals surface area contributed by atoms with Crippen LogP contribution in [0.3, 0.4) is 0 Å². The van der Waals surface area contributed by atoms with Crippen molar-refractivity contribution in [2.75, 3.05) is 0 Å². The van der Waals surface area contributed by atoms with E-state index in [0.29, 0.717) is 0 Å². The van der Waals surface area contributed by atoms with Crippen LogP contribution < -0.4 is 4.57 Å². The van der Waals surface area contributed by atoms with Gasteiger partial charge in [0.15, 0.2) is 11.4 Å². The largest absolute Gasteiger partial charge is 0.262 e. The van der Waals surface area contributed by atoms with E-state index in [9.17, 15) is 0 Å². The normalized spacial score (nSPS) is 12.1. The summed E-state index contributed by atoms with van der Waals surface area (Å²) < 4.78 is 4.70. The molecule has 2 heteroatoms. The summed E-state index contributed by atoms with van der Waals surface area (Å²) in [6.45, 7) is 8.73. The molecule has 0 unspecified atom stereocenters. The van der Waals surface area contributed by atoms with E-state index in [1.165, 1.54) is 50.6 Å². The molecule has 162 valence electrons. The van der Waals surface area contributed by atoms with Gasteiger partial charge >= 0.3 is 0 Å². The number of fused-ring (bicyclic) bond motifs is 8. The zero-order valence-corrected chi connectivity index (χ0v) is 19.5. The molecule has 1 aromatic heterocycles. The second-order valence-corrected chi connectivity index (χ2v) is 8.37. The standard InChI is InChI=1S/C31H29N2/c1-5-7-8-15-22(3)33-29(6-2)32(4)30-27-20-13-11-18-25(27)23-16-9-10-17-24(23)26-19-12-14-21-28(26)31(30)33/h5,7-21H,3,6H2,1-2,4H3/q+1/b7-5?,15-8-,25-23?,26-24?,30-27?,31-28?. The van der Waals surface area contributed by atoms with Crippen LogP contribution in [0.1, 0.15) is 19.7 Å². The number of imidazole rings is 1. The molecular formula is C31H29N2+. The van der Waals surface area contributed by atoms with Crippen molar-refractivity contribution in [3.63, 3.8) is 0 Å². The van der Waals surface area contributed by atoms with Gasteiger partial charge in [0.1, 0.15) is 5.70 Å². The molecule has 1 aliphatic rings. The second-order valence-electron chi connectivity index (χ2n) is 8.37. The minimum Gasteiger partial charge on any atom is -0.229 e. The molecule has 33 heavy (non-hydrogen) atoms. The van der Waals surface area contributed by atoms with Crippen LogP contribution in [0.5, 0.6) is 0 Å². The van der Waals surface area contributed by atoms with Crippen LogP contribution in [0.15, 0.2) is 104 Å². The van der Waals surface area contributed by atoms with Crippen molar-refractivity contribution in [2.24, 2.45) is 7.05 Å². The topological polar surface area (TPSA) is 8.81 Å². The van der Waals surface area contributed by atoms with Crippen molar-refractivity contribution in [2.45, 2.75) is 20.3 Å². The van der Waals surface area contributed by atoms with Crippen molar-refractivity contribution >= 4 is 5.70 Å². The minimum atomic E-state index is 0.900. The zero-order chi connectivity index (χ0) is 22.9. The van der Waals surface area contributed by atoms with Gasteiger partial charge in [-0.05, 0) is 47.4 Å². The van der Waals surface area contributed by atoms with E-state index in [0.717, 1.165) is 12.1 Å². The Labute approximate surface area is 196 Å². The van der Waals surface area contributed by atoms with Crippen molar-refractivity contribution in [1.82, 2.24) is 4.57 Å². The molecule has 0 N–H and O–H groups in total. The van der Waals surface area contributed by atoms with Gasteiger partial charge < -0.3 is 0 Å². The van der Waals surface area contributed by atoms with E-state index < -0.39 is 0 Å². The molecule has 4 aromatic rings. The maximum atomic E-state index is 4.48. The Balaban J connectivity index is 1.96. The quantitative estimate of drug-likeness (QED) is 0.207. The highest BCUT2D eigenvalue weighted by molar-refractivity contribution is 6.01. The molecule has 0 radical (unpaired) electrons. The highest BCUT2D eigenvalue weighted by Crippen LogP contribution is 2.47. The SMILES string of the molecule is C=C(/C=C\C=CC)n1c2c([n+](C)c1CC)-c1ccccc1-c1ccccc1-c1ccccc1-2. The van der Waals surface area contributed by atoms with Crippen LogP contribution >= 0.6 is 0 Å². The molecule has 2 nitrogen and oxygen atoms in total. The van der Waals surface area contributed by atoms with Crippen LogP contribution in [0.25, 0.3) is 50.5 Å². The smallest absolute Gasteiger partial charge is 0.229 e. The fourth-order valence-electron chi connectivity index (χ4n) is 5.09. The molecule has 0 spiro atoms. The van der Waals surface area contributed by atoms with Crippen LogP contribution in [0.2, 0.25) is 0 Å². The molecule has 0 aliphatic heterocycles. The summed E-state index contributed by atoms with van der Waals surface area (Å²) in [5, 5.41) is 0. The molecule has 1 aliphatic carbocycles. The fourth-order valence-corrected chi connectivity index (χ4v) is 5.09. The van der Waals surface area contributed by atoms with Crippen molar-refractivity contribution < 1.29 is 4.57 Å². The molecule has 0 fully saturated rings. The maximum Gasteiger partial charge on any atom is 0.262 e. The van der Waals surface area contributed by atoms with Gasteiger partial charge in [0.2, 0.25) is 0 Å². The van der Waals surface area contributed by atoms with Gasteiger partial charge in [-0.2, -0.15) is 4.57 Å². The van der Waals surface area contributed by atoms with Crippen molar-refractivity contribution in [3.8, 4) is 44.8 Å². The van der Waals surface area contributed by atoms with Gasteiger partial charge in [-0.25, -0.2) is 4.57 Å². The predicted molar refractivity (Wildman–Crippen MR) is 140 cm³/mol. The van der Waals surface area contributed by atoms with Gasteiger partial charge in [-0.15, -0.1) is 0 Å². The monoisotopic (exact) mass is 429 g/mol. The third kappa shape index (κ3) is 3.30. The molecule has 5 rings (SSSR count). The van der Waals surface area contributed by atoms with Crippen LogP contribution in [0.4, 0.5) is 0 Å². The van der Waals surface area contributed by atoms with Crippen LogP contribution in [0, 0.1) is 0 Å². The van der Waals surface area contributed by atoms with Gasteiger partial charge in [0.25, 0.3) is 5.82 Å². The Morgan fingerprint density at radius 3 is 1.82 bits per heavy atom. The summed E-state index contributed by atoms with van der Waals surface area (Å²) in [5.41, 5.74) is 10.9. The average Bonchev–Trinajstić information content (AvgIpc) is 3.14. The first kappa shape index (κ1) is 21.0. The van der Waals surface area contributed by atoms with E-state index in [1.54, 1.807) is 0 Å². The van der Waals surface area contributed by atoms with E-state index in [-0.39, 0.29) is 0 Å². The Hall–Kier alpha value is -3.91. The summed E-state index contributed by atoms with van der Waals surface area (Å²) >= 11 is 0. The highest BCUT2D eigenvalue weighted by Gasteiger charge is 2.35. The molecule has 0 saturated carbocycles. The summed E-state index contributed by atoms with van der Waals surface area (Å²) in [7, 11) is 2.18. The first-order valence-corrected chi connectivity index (χ1v) is 11.6. The van der Waals surface area contributed by atoms with Crippen LogP contribution in [-0.4, -0.2) is 4.57 Å². The van der Waals surface area contributed by atoms with Gasteiger partial charge in [-0.1, -0.05) is 92.4 Å². The molecule has 1 heterocycles. The fraction of sp³-hybridized carbons (Fsp3) is 0.129. The molecule has 0 bridgehead atoms. The average molecular weight is 430 g/mol. The zero-order valence-electron chi connectivity index (χ0n) is 19.5. The minimum absolute atomic E-state index is 0.900.